The first-order valence-electron chi connectivity index (χ1n) is 16.1. The van der Waals surface area contributed by atoms with E-state index in [9.17, 15) is 19.8 Å². The molecule has 0 amide bonds. The maximum Gasteiger partial charge on any atom is 0.331 e. The minimum Gasteiger partial charge on any atom is -0.496 e. The minimum atomic E-state index is -1.64. The number of carbonyl (C=O) groups is 1. The Kier molecular flexibility index (Phi) is 8.06. The molecule has 0 aliphatic heterocycles. The van der Waals surface area contributed by atoms with Crippen LogP contribution in [0.15, 0.2) is 40.6 Å². The molecule has 48 heavy (non-hydrogen) atoms. The summed E-state index contributed by atoms with van der Waals surface area (Å²) in [7, 11) is 1.58. The molecule has 3 saturated carbocycles. The molecule has 3 heterocycles. The number of ether oxygens (including phenoxy) is 2. The predicted octanol–water partition coefficient (Wildman–Crippen LogP) is 5.10. The number of carboxylic acid groups (broad SMARTS) is 1. The first-order chi connectivity index (χ1) is 22.6. The lowest BCUT2D eigenvalue weighted by molar-refractivity contribution is -0.146. The number of thiazole rings is 1. The number of aryl methyl sites for hydroxylation is 1. The molecule has 0 radical (unpaired) electrons. The van der Waals surface area contributed by atoms with Crippen molar-refractivity contribution >= 4 is 51.1 Å². The van der Waals surface area contributed by atoms with Gasteiger partial charge in [-0.15, -0.1) is 22.7 Å². The highest BCUT2D eigenvalue weighted by atomic mass is 32.1. The van der Waals surface area contributed by atoms with Crippen LogP contribution < -0.4 is 21.9 Å². The number of benzene rings is 1. The van der Waals surface area contributed by atoms with Crippen LogP contribution in [0, 0.1) is 17.5 Å². The average molecular weight is 712 g/mol. The number of para-hydroxylation sites is 1. The third-order valence-electron chi connectivity index (χ3n) is 10.9. The molecule has 1 aromatic carbocycles. The summed E-state index contributed by atoms with van der Waals surface area (Å²) >= 11 is 8.77. The first kappa shape index (κ1) is 33.5. The molecule has 256 valence electrons. The first-order valence-corrected chi connectivity index (χ1v) is 18.2. The Hall–Kier alpha value is -2.98. The number of fused-ring (bicyclic) bond motifs is 2. The van der Waals surface area contributed by atoms with Gasteiger partial charge in [0, 0.05) is 33.6 Å². The van der Waals surface area contributed by atoms with Crippen molar-refractivity contribution < 1.29 is 24.5 Å². The summed E-state index contributed by atoms with van der Waals surface area (Å²) in [5.74, 6) is -0.351. The normalized spacial score (nSPS) is 27.8. The molecular formula is C34H41N5O6S3. The van der Waals surface area contributed by atoms with Gasteiger partial charge in [-0.1, -0.05) is 30.4 Å². The largest absolute Gasteiger partial charge is 0.496 e. The number of nitrogens with zero attached hydrogens (tertiary/aromatic N) is 3. The van der Waals surface area contributed by atoms with Crippen LogP contribution >= 0.6 is 34.9 Å². The second kappa shape index (κ2) is 11.5. The van der Waals surface area contributed by atoms with Crippen LogP contribution in [0.1, 0.15) is 69.6 Å². The lowest BCUT2D eigenvalue weighted by Crippen LogP contribution is -2.58. The van der Waals surface area contributed by atoms with Gasteiger partial charge >= 0.3 is 11.7 Å². The van der Waals surface area contributed by atoms with Crippen molar-refractivity contribution in [1.29, 1.82) is 0 Å². The molecule has 0 spiro atoms. The van der Waals surface area contributed by atoms with E-state index in [1.807, 2.05) is 36.6 Å². The third-order valence-corrected chi connectivity index (χ3v) is 13.5. The highest BCUT2D eigenvalue weighted by Crippen LogP contribution is 2.59. The maximum absolute atomic E-state index is 14.6. The van der Waals surface area contributed by atoms with E-state index in [1.165, 1.54) is 41.1 Å². The second-order valence-electron chi connectivity index (χ2n) is 14.4. The van der Waals surface area contributed by atoms with E-state index in [0.29, 0.717) is 41.6 Å². The molecule has 3 aliphatic rings. The fourth-order valence-electron chi connectivity index (χ4n) is 8.13. The number of aliphatic hydroxyl groups is 1. The smallest absolute Gasteiger partial charge is 0.331 e. The number of hydrogen-bond donors (Lipinski definition) is 4. The maximum atomic E-state index is 14.6. The van der Waals surface area contributed by atoms with Crippen molar-refractivity contribution in [3.63, 3.8) is 0 Å². The van der Waals surface area contributed by atoms with E-state index >= 15 is 0 Å². The standard InChI is InChI=1S/C34H41N5O6S3/c1-18-24-27(46)39(31(2,3)29(40)41)30(42)38(28(24)48-25(18)26-37-11-12-47-26)15-23(21-7-5-6-8-22(21)44-4)45-20-13-33(35)16-32(43,19-9-10-19)17-34(33,36)14-20/h5-8,11-12,19-20,23,43H,9-10,13-17,35-36H2,1-4H3,(H,40,41)/t20?,23?,32?,33-,34+. The molecule has 3 aliphatic carbocycles. The van der Waals surface area contributed by atoms with Crippen LogP contribution in [0.4, 0.5) is 0 Å². The van der Waals surface area contributed by atoms with Gasteiger partial charge in [-0.2, -0.15) is 0 Å². The molecule has 3 unspecified atom stereocenters. The monoisotopic (exact) mass is 711 g/mol. The number of nitrogens with two attached hydrogens (primary N) is 2. The molecule has 0 saturated heterocycles. The fraction of sp³-hybridized carbons (Fsp3) is 0.529. The number of aliphatic carboxylic acids is 1. The molecule has 14 heteroatoms. The Morgan fingerprint density at radius 3 is 2.46 bits per heavy atom. The lowest BCUT2D eigenvalue weighted by atomic mass is 9.85. The summed E-state index contributed by atoms with van der Waals surface area (Å²) in [6.45, 7) is 4.91. The van der Waals surface area contributed by atoms with Gasteiger partial charge in [-0.05, 0) is 76.8 Å². The van der Waals surface area contributed by atoms with Crippen molar-refractivity contribution in [2.45, 2.75) is 100 Å². The van der Waals surface area contributed by atoms with E-state index in [2.05, 4.69) is 4.98 Å². The van der Waals surface area contributed by atoms with Crippen LogP contribution in [-0.4, -0.2) is 60.2 Å². The zero-order valence-electron chi connectivity index (χ0n) is 27.4. The summed E-state index contributed by atoms with van der Waals surface area (Å²) in [6.07, 6.45) is 4.42. The number of carboxylic acids is 1. The summed E-state index contributed by atoms with van der Waals surface area (Å²) in [5, 5.41) is 25.0. The van der Waals surface area contributed by atoms with Gasteiger partial charge in [-0.25, -0.2) is 14.6 Å². The lowest BCUT2D eigenvalue weighted by Gasteiger charge is -2.32. The highest BCUT2D eigenvalue weighted by molar-refractivity contribution is 7.71. The average Bonchev–Trinajstić information content (AvgIpc) is 3.49. The predicted molar refractivity (Wildman–Crippen MR) is 188 cm³/mol. The summed E-state index contributed by atoms with van der Waals surface area (Å²) in [5.41, 5.74) is 10.9. The zero-order valence-corrected chi connectivity index (χ0v) is 29.8. The van der Waals surface area contributed by atoms with Crippen LogP contribution in [0.3, 0.4) is 0 Å². The quantitative estimate of drug-likeness (QED) is 0.163. The Morgan fingerprint density at radius 2 is 1.88 bits per heavy atom. The van der Waals surface area contributed by atoms with Gasteiger partial charge < -0.3 is 31.2 Å². The van der Waals surface area contributed by atoms with E-state index in [1.54, 1.807) is 17.9 Å². The zero-order chi connectivity index (χ0) is 34.4. The molecule has 5 atom stereocenters. The van der Waals surface area contributed by atoms with Gasteiger partial charge in [0.05, 0.1) is 30.2 Å². The van der Waals surface area contributed by atoms with Crippen molar-refractivity contribution in [3.8, 4) is 15.6 Å². The van der Waals surface area contributed by atoms with Gasteiger partial charge in [0.15, 0.2) is 0 Å². The van der Waals surface area contributed by atoms with Crippen molar-refractivity contribution in [2.24, 2.45) is 17.4 Å². The highest BCUT2D eigenvalue weighted by Gasteiger charge is 2.67. The summed E-state index contributed by atoms with van der Waals surface area (Å²) < 4.78 is 15.6. The SMILES string of the molecule is COc1ccccc1C(Cn1c(=O)n(C(C)(C)C(=O)O)c(=S)c2c(C)c(-c3nccs3)sc21)OC1C[C@@]2(N)CC(O)(C3CC3)C[C@@]2(N)C1. The molecule has 6 N–H and O–H groups in total. The Morgan fingerprint density at radius 1 is 1.21 bits per heavy atom. The van der Waals surface area contributed by atoms with Crippen LogP contribution in [0.2, 0.25) is 0 Å². The summed E-state index contributed by atoms with van der Waals surface area (Å²) in [6, 6.07) is 7.50. The molecule has 4 aromatic rings. The van der Waals surface area contributed by atoms with Crippen molar-refractivity contribution in [3.05, 3.63) is 62.1 Å². The molecule has 3 aromatic heterocycles. The Balaban J connectivity index is 1.35. The molecule has 3 fully saturated rings. The van der Waals surface area contributed by atoms with E-state index in [4.69, 9.17) is 33.2 Å². The van der Waals surface area contributed by atoms with E-state index in [-0.39, 0.29) is 23.2 Å². The van der Waals surface area contributed by atoms with Crippen LogP contribution in [0.25, 0.3) is 20.1 Å². The van der Waals surface area contributed by atoms with Gasteiger partial charge in [-0.3, -0.25) is 9.13 Å². The molecule has 7 rings (SSSR count). The topological polar surface area (TPSA) is 168 Å². The Labute approximate surface area is 291 Å². The van der Waals surface area contributed by atoms with Crippen molar-refractivity contribution in [1.82, 2.24) is 14.1 Å². The molecule has 11 nitrogen and oxygen atoms in total. The minimum absolute atomic E-state index is 0.0376. The van der Waals surface area contributed by atoms with Gasteiger partial charge in [0.25, 0.3) is 0 Å². The molecular weight excluding hydrogens is 671 g/mol. The number of aromatic nitrogens is 3. The third kappa shape index (κ3) is 5.19. The van der Waals surface area contributed by atoms with Gasteiger partial charge in [0.2, 0.25) is 0 Å². The second-order valence-corrected chi connectivity index (χ2v) is 16.7. The van der Waals surface area contributed by atoms with Crippen LogP contribution in [-0.2, 0) is 21.6 Å². The molecule has 0 bridgehead atoms. The van der Waals surface area contributed by atoms with E-state index in [0.717, 1.165) is 33.9 Å². The number of hydrogen-bond acceptors (Lipinski definition) is 11. The van der Waals surface area contributed by atoms with Crippen LogP contribution in [0.5, 0.6) is 5.75 Å². The number of thiophene rings is 1. The summed E-state index contributed by atoms with van der Waals surface area (Å²) in [4.78, 5) is 33.1. The number of rotatable bonds is 10. The number of methoxy groups -OCH3 is 1. The van der Waals surface area contributed by atoms with Crippen molar-refractivity contribution in [2.75, 3.05) is 7.11 Å². The fourth-order valence-corrected chi connectivity index (χ4v) is 10.9. The van der Waals surface area contributed by atoms with E-state index < -0.39 is 40.0 Å². The Bertz CT molecular complexity index is 2010. The van der Waals surface area contributed by atoms with Gasteiger partial charge in [0.1, 0.15) is 31.9 Å².